The normalized spacial score (nSPS) is 17.1. The second-order valence-electron chi connectivity index (χ2n) is 9.82. The molecule has 3 N–H and O–H groups in total. The Morgan fingerprint density at radius 1 is 1.09 bits per heavy atom. The molecule has 0 spiro atoms. The largest absolute Gasteiger partial charge is 0.465 e. The number of benzene rings is 2. The molecule has 0 radical (unpaired) electrons. The molecular weight excluding hydrogens is 426 g/mol. The lowest BCUT2D eigenvalue weighted by Gasteiger charge is -2.40. The van der Waals surface area contributed by atoms with Crippen molar-refractivity contribution in [3.63, 3.8) is 0 Å². The van der Waals surface area contributed by atoms with Gasteiger partial charge >= 0.3 is 6.09 Å². The van der Waals surface area contributed by atoms with Crippen LogP contribution < -0.4 is 5.32 Å². The van der Waals surface area contributed by atoms with E-state index in [-0.39, 0.29) is 24.9 Å². The highest BCUT2D eigenvalue weighted by Gasteiger charge is 2.44. The van der Waals surface area contributed by atoms with E-state index in [1.54, 1.807) is 6.92 Å². The Balaban J connectivity index is 1.67. The van der Waals surface area contributed by atoms with Gasteiger partial charge in [0.05, 0.1) is 6.54 Å². The van der Waals surface area contributed by atoms with Crippen molar-refractivity contribution in [2.75, 3.05) is 0 Å². The van der Waals surface area contributed by atoms with Gasteiger partial charge in [0.25, 0.3) is 0 Å². The number of para-hydroxylation sites is 1. The fourth-order valence-electron chi connectivity index (χ4n) is 5.28. The van der Waals surface area contributed by atoms with Gasteiger partial charge in [-0.2, -0.15) is 0 Å². The Bertz CT molecular complexity index is 1120. The first-order valence-electron chi connectivity index (χ1n) is 12.3. The number of rotatable bonds is 8. The Morgan fingerprint density at radius 2 is 1.76 bits per heavy atom. The number of H-pyrrole nitrogens is 1. The highest BCUT2D eigenvalue weighted by molar-refractivity contribution is 5.91. The van der Waals surface area contributed by atoms with Gasteiger partial charge in [-0.25, -0.2) is 4.79 Å². The van der Waals surface area contributed by atoms with E-state index in [0.717, 1.165) is 34.9 Å². The molecule has 0 unspecified atom stereocenters. The van der Waals surface area contributed by atoms with Crippen LogP contribution in [0.1, 0.15) is 57.1 Å². The third-order valence-corrected chi connectivity index (χ3v) is 7.42. The number of nitrogens with zero attached hydrogens (tertiary/aromatic N) is 1. The second-order valence-corrected chi connectivity index (χ2v) is 9.82. The van der Waals surface area contributed by atoms with Crippen LogP contribution in [0.3, 0.4) is 0 Å². The number of hydrogen-bond acceptors (Lipinski definition) is 2. The van der Waals surface area contributed by atoms with Crippen molar-refractivity contribution in [3.05, 3.63) is 71.9 Å². The zero-order valence-electron chi connectivity index (χ0n) is 20.1. The standard InChI is InChI=1S/C28H35N3O3/c1-20(22-13-7-4-8-14-22)30-26(32)28(2,17-23-18-29-25-16-10-9-15-24(23)25)31(27(33)34)19-21-11-5-3-6-12-21/h3,5-6,9-12,15-16,18,20,22,29H,4,7-8,13-14,17,19H2,1-2H3,(H,30,32)(H,33,34)/t20-,28-/m1/s1. The van der Waals surface area contributed by atoms with Crippen molar-refractivity contribution < 1.29 is 14.7 Å². The third-order valence-electron chi connectivity index (χ3n) is 7.42. The minimum atomic E-state index is -1.28. The van der Waals surface area contributed by atoms with Crippen molar-refractivity contribution >= 4 is 22.9 Å². The van der Waals surface area contributed by atoms with Crippen molar-refractivity contribution in [1.29, 1.82) is 0 Å². The number of hydrogen-bond donors (Lipinski definition) is 3. The summed E-state index contributed by atoms with van der Waals surface area (Å²) in [4.78, 5) is 31.0. The predicted molar refractivity (Wildman–Crippen MR) is 135 cm³/mol. The molecule has 6 nitrogen and oxygen atoms in total. The molecule has 1 aromatic heterocycles. The van der Waals surface area contributed by atoms with Gasteiger partial charge in [0.15, 0.2) is 0 Å². The number of carboxylic acid groups (broad SMARTS) is 1. The van der Waals surface area contributed by atoms with Gasteiger partial charge in [0.2, 0.25) is 5.91 Å². The molecule has 34 heavy (non-hydrogen) atoms. The quantitative estimate of drug-likeness (QED) is 0.400. The molecule has 0 saturated heterocycles. The van der Waals surface area contributed by atoms with Crippen molar-refractivity contribution in [2.45, 2.75) is 70.5 Å². The molecule has 6 heteroatoms. The van der Waals surface area contributed by atoms with E-state index < -0.39 is 11.6 Å². The van der Waals surface area contributed by atoms with E-state index in [1.807, 2.05) is 60.8 Å². The molecule has 180 valence electrons. The minimum absolute atomic E-state index is 0.00228. The zero-order chi connectivity index (χ0) is 24.1. The molecule has 1 aliphatic rings. The number of nitrogens with one attached hydrogen (secondary N) is 2. The lowest BCUT2D eigenvalue weighted by molar-refractivity contribution is -0.133. The summed E-state index contributed by atoms with van der Waals surface area (Å²) in [5, 5.41) is 14.5. The van der Waals surface area contributed by atoms with Gasteiger partial charge in [-0.05, 0) is 49.8 Å². The van der Waals surface area contributed by atoms with Gasteiger partial charge in [-0.1, -0.05) is 67.8 Å². The lowest BCUT2D eigenvalue weighted by atomic mass is 9.83. The van der Waals surface area contributed by atoms with Crippen molar-refractivity contribution in [1.82, 2.24) is 15.2 Å². The van der Waals surface area contributed by atoms with Crippen LogP contribution in [-0.2, 0) is 17.8 Å². The maximum atomic E-state index is 13.9. The monoisotopic (exact) mass is 461 g/mol. The topological polar surface area (TPSA) is 85.4 Å². The Morgan fingerprint density at radius 3 is 2.47 bits per heavy atom. The molecule has 0 bridgehead atoms. The van der Waals surface area contributed by atoms with Crippen molar-refractivity contribution in [2.24, 2.45) is 5.92 Å². The maximum absolute atomic E-state index is 13.9. The first-order valence-corrected chi connectivity index (χ1v) is 12.3. The van der Waals surface area contributed by atoms with Gasteiger partial charge in [0.1, 0.15) is 5.54 Å². The summed E-state index contributed by atoms with van der Waals surface area (Å²) < 4.78 is 0. The van der Waals surface area contributed by atoms with E-state index in [4.69, 9.17) is 0 Å². The molecule has 1 saturated carbocycles. The van der Waals surface area contributed by atoms with E-state index in [9.17, 15) is 14.7 Å². The van der Waals surface area contributed by atoms with Gasteiger partial charge < -0.3 is 15.4 Å². The predicted octanol–water partition coefficient (Wildman–Crippen LogP) is 5.73. The summed E-state index contributed by atoms with van der Waals surface area (Å²) in [5.41, 5.74) is 1.47. The molecule has 0 aliphatic heterocycles. The molecule has 4 rings (SSSR count). The van der Waals surface area contributed by atoms with E-state index in [1.165, 1.54) is 24.2 Å². The average Bonchev–Trinajstić information content (AvgIpc) is 3.26. The third kappa shape index (κ3) is 5.11. The maximum Gasteiger partial charge on any atom is 0.408 e. The molecule has 3 aromatic rings. The summed E-state index contributed by atoms with van der Waals surface area (Å²) in [7, 11) is 0. The van der Waals surface area contributed by atoms with Gasteiger partial charge in [-0.3, -0.25) is 9.69 Å². The van der Waals surface area contributed by atoms with Crippen LogP contribution in [0.2, 0.25) is 0 Å². The summed E-state index contributed by atoms with van der Waals surface area (Å²) in [6.45, 7) is 3.96. The molecule has 2 aromatic carbocycles. The second kappa shape index (κ2) is 10.3. The molecule has 2 amide bonds. The summed E-state index contributed by atoms with van der Waals surface area (Å²) in [6, 6.07) is 17.4. The Hall–Kier alpha value is -3.28. The SMILES string of the molecule is C[C@@H](NC(=O)[C@@](C)(Cc1c[nH]c2ccccc12)N(Cc1ccccc1)C(=O)O)C1CCCCC1. The fourth-order valence-corrected chi connectivity index (χ4v) is 5.28. The number of aromatic nitrogens is 1. The average molecular weight is 462 g/mol. The van der Waals surface area contributed by atoms with Crippen LogP contribution in [0.4, 0.5) is 4.79 Å². The van der Waals surface area contributed by atoms with Crippen LogP contribution in [0.15, 0.2) is 60.8 Å². The number of amides is 2. The van der Waals surface area contributed by atoms with Crippen LogP contribution >= 0.6 is 0 Å². The summed E-state index contributed by atoms with van der Waals surface area (Å²) in [5.74, 6) is 0.191. The highest BCUT2D eigenvalue weighted by atomic mass is 16.4. The highest BCUT2D eigenvalue weighted by Crippen LogP contribution is 2.30. The van der Waals surface area contributed by atoms with Crippen LogP contribution in [-0.4, -0.2) is 38.6 Å². The van der Waals surface area contributed by atoms with E-state index in [2.05, 4.69) is 17.2 Å². The van der Waals surface area contributed by atoms with Crippen molar-refractivity contribution in [3.8, 4) is 0 Å². The summed E-state index contributed by atoms with van der Waals surface area (Å²) >= 11 is 0. The number of aromatic amines is 1. The van der Waals surface area contributed by atoms with Gasteiger partial charge in [0, 0.05) is 29.6 Å². The number of carbonyl (C=O) groups is 2. The van der Waals surface area contributed by atoms with Crippen LogP contribution in [0.25, 0.3) is 10.9 Å². The Labute approximate surface area is 201 Å². The Kier molecular flexibility index (Phi) is 7.25. The molecule has 1 heterocycles. The van der Waals surface area contributed by atoms with Gasteiger partial charge in [-0.15, -0.1) is 0 Å². The van der Waals surface area contributed by atoms with E-state index >= 15 is 0 Å². The molecule has 1 aliphatic carbocycles. The zero-order valence-corrected chi connectivity index (χ0v) is 20.1. The van der Waals surface area contributed by atoms with E-state index in [0.29, 0.717) is 5.92 Å². The fraction of sp³-hybridized carbons (Fsp3) is 0.429. The summed E-state index contributed by atoms with van der Waals surface area (Å²) in [6.07, 6.45) is 6.90. The van der Waals surface area contributed by atoms with Crippen LogP contribution in [0.5, 0.6) is 0 Å². The smallest absolute Gasteiger partial charge is 0.408 e. The first kappa shape index (κ1) is 23.9. The minimum Gasteiger partial charge on any atom is -0.465 e. The lowest BCUT2D eigenvalue weighted by Crippen LogP contribution is -2.61. The first-order chi connectivity index (χ1) is 16.4. The number of carbonyl (C=O) groups excluding carboxylic acids is 1. The van der Waals surface area contributed by atoms with Crippen LogP contribution in [0, 0.1) is 5.92 Å². The molecule has 1 fully saturated rings. The number of fused-ring (bicyclic) bond motifs is 1. The molecule has 2 atom stereocenters. The molecular formula is C28H35N3O3.